The number of benzene rings is 1. The van der Waals surface area contributed by atoms with E-state index >= 15 is 0 Å². The van der Waals surface area contributed by atoms with Gasteiger partial charge in [0.25, 0.3) is 0 Å². The monoisotopic (exact) mass is 397 g/mol. The zero-order valence-corrected chi connectivity index (χ0v) is 17.0. The number of imide groups is 1. The third-order valence-corrected chi connectivity index (χ3v) is 6.61. The highest BCUT2D eigenvalue weighted by Crippen LogP contribution is 2.37. The molecule has 1 saturated carbocycles. The minimum absolute atomic E-state index is 0.0563. The summed E-state index contributed by atoms with van der Waals surface area (Å²) in [5.74, 6) is -0.446. The first kappa shape index (κ1) is 20.1. The Bertz CT molecular complexity index is 727. The first-order valence-electron chi connectivity index (χ1n) is 11.0. The van der Waals surface area contributed by atoms with Crippen molar-refractivity contribution in [2.24, 2.45) is 11.8 Å². The average Bonchev–Trinajstić information content (AvgIpc) is 2.98. The van der Waals surface area contributed by atoms with E-state index in [0.29, 0.717) is 0 Å². The highest BCUT2D eigenvalue weighted by atomic mass is 16.2. The Hall–Kier alpha value is -2.21. The number of fused-ring (bicyclic) bond motifs is 1. The van der Waals surface area contributed by atoms with Crippen molar-refractivity contribution in [3.63, 3.8) is 0 Å². The molecule has 3 aliphatic rings. The number of amides is 3. The van der Waals surface area contributed by atoms with Gasteiger partial charge in [0, 0.05) is 32.1 Å². The maximum atomic E-state index is 12.5. The molecule has 3 unspecified atom stereocenters. The summed E-state index contributed by atoms with van der Waals surface area (Å²) in [6.45, 7) is 3.00. The van der Waals surface area contributed by atoms with Gasteiger partial charge < -0.3 is 5.32 Å². The van der Waals surface area contributed by atoms with Gasteiger partial charge >= 0.3 is 0 Å². The normalized spacial score (nSPS) is 27.7. The SMILES string of the molecule is O=C(CCN1C(=O)C2CCCCC2C1=O)NC1CCCN(Cc2ccccc2)C1. The van der Waals surface area contributed by atoms with Crippen molar-refractivity contribution in [1.29, 1.82) is 0 Å². The summed E-state index contributed by atoms with van der Waals surface area (Å²) >= 11 is 0. The van der Waals surface area contributed by atoms with Gasteiger partial charge in [0.2, 0.25) is 17.7 Å². The van der Waals surface area contributed by atoms with Crippen molar-refractivity contribution in [2.45, 2.75) is 57.5 Å². The van der Waals surface area contributed by atoms with Crippen LogP contribution in [0.15, 0.2) is 30.3 Å². The molecule has 1 aromatic rings. The molecule has 0 spiro atoms. The van der Waals surface area contributed by atoms with Crippen LogP contribution in [0.5, 0.6) is 0 Å². The molecule has 2 saturated heterocycles. The molecular weight excluding hydrogens is 366 g/mol. The minimum Gasteiger partial charge on any atom is -0.352 e. The van der Waals surface area contributed by atoms with Crippen LogP contribution in [-0.4, -0.2) is 53.2 Å². The molecule has 1 aromatic carbocycles. The fraction of sp³-hybridized carbons (Fsp3) is 0.609. The van der Waals surface area contributed by atoms with E-state index in [0.717, 1.165) is 58.2 Å². The number of nitrogens with zero attached hydrogens (tertiary/aromatic N) is 2. The molecule has 0 aromatic heterocycles. The van der Waals surface area contributed by atoms with Crippen molar-refractivity contribution in [2.75, 3.05) is 19.6 Å². The van der Waals surface area contributed by atoms with Crippen LogP contribution in [0.25, 0.3) is 0 Å². The first-order valence-corrected chi connectivity index (χ1v) is 11.0. The van der Waals surface area contributed by atoms with Crippen LogP contribution in [0.4, 0.5) is 0 Å². The zero-order chi connectivity index (χ0) is 20.2. The van der Waals surface area contributed by atoms with Gasteiger partial charge in [0.1, 0.15) is 0 Å². The van der Waals surface area contributed by atoms with E-state index in [4.69, 9.17) is 0 Å². The summed E-state index contributed by atoms with van der Waals surface area (Å²) in [7, 11) is 0. The standard InChI is InChI=1S/C23H31N3O3/c27-21(12-14-26-22(28)19-10-4-5-11-20(19)23(26)29)24-18-9-6-13-25(16-18)15-17-7-2-1-3-8-17/h1-3,7-8,18-20H,4-6,9-16H2,(H,24,27). The topological polar surface area (TPSA) is 69.7 Å². The lowest BCUT2D eigenvalue weighted by atomic mass is 9.81. The molecule has 6 nitrogen and oxygen atoms in total. The maximum absolute atomic E-state index is 12.5. The Morgan fingerprint density at radius 1 is 0.966 bits per heavy atom. The van der Waals surface area contributed by atoms with Crippen molar-refractivity contribution in [1.82, 2.24) is 15.1 Å². The Morgan fingerprint density at radius 2 is 1.66 bits per heavy atom. The van der Waals surface area contributed by atoms with Crippen LogP contribution in [0, 0.1) is 11.8 Å². The summed E-state index contributed by atoms with van der Waals surface area (Å²) in [6, 6.07) is 10.5. The van der Waals surface area contributed by atoms with Crippen LogP contribution < -0.4 is 5.32 Å². The van der Waals surface area contributed by atoms with Gasteiger partial charge in [-0.3, -0.25) is 24.2 Å². The fourth-order valence-electron chi connectivity index (χ4n) is 5.12. The van der Waals surface area contributed by atoms with Crippen molar-refractivity contribution < 1.29 is 14.4 Å². The second-order valence-electron chi connectivity index (χ2n) is 8.70. The Labute approximate surface area is 172 Å². The van der Waals surface area contributed by atoms with Gasteiger partial charge in [0.05, 0.1) is 11.8 Å². The van der Waals surface area contributed by atoms with E-state index < -0.39 is 0 Å². The predicted octanol–water partition coefficient (Wildman–Crippen LogP) is 2.33. The number of hydrogen-bond donors (Lipinski definition) is 1. The van der Waals surface area contributed by atoms with Crippen molar-refractivity contribution in [3.8, 4) is 0 Å². The molecule has 29 heavy (non-hydrogen) atoms. The smallest absolute Gasteiger partial charge is 0.233 e. The van der Waals surface area contributed by atoms with Gasteiger partial charge in [-0.1, -0.05) is 43.2 Å². The molecule has 3 atom stereocenters. The molecular formula is C23H31N3O3. The van der Waals surface area contributed by atoms with E-state index in [2.05, 4.69) is 34.5 Å². The molecule has 156 valence electrons. The molecule has 3 fully saturated rings. The van der Waals surface area contributed by atoms with E-state index in [1.807, 2.05) is 6.07 Å². The molecule has 0 radical (unpaired) electrons. The van der Waals surface area contributed by atoms with Crippen LogP contribution in [0.1, 0.15) is 50.5 Å². The van der Waals surface area contributed by atoms with Crippen molar-refractivity contribution in [3.05, 3.63) is 35.9 Å². The van der Waals surface area contributed by atoms with Gasteiger partial charge in [-0.2, -0.15) is 0 Å². The summed E-state index contributed by atoms with van der Waals surface area (Å²) in [5.41, 5.74) is 1.28. The van der Waals surface area contributed by atoms with Crippen LogP contribution >= 0.6 is 0 Å². The predicted molar refractivity (Wildman–Crippen MR) is 110 cm³/mol. The van der Waals surface area contributed by atoms with E-state index in [-0.39, 0.29) is 48.6 Å². The molecule has 0 bridgehead atoms. The van der Waals surface area contributed by atoms with Crippen LogP contribution in [0.3, 0.4) is 0 Å². The molecule has 2 aliphatic heterocycles. The average molecular weight is 398 g/mol. The lowest BCUT2D eigenvalue weighted by molar-refractivity contribution is -0.140. The van der Waals surface area contributed by atoms with E-state index in [1.165, 1.54) is 10.5 Å². The molecule has 1 N–H and O–H groups in total. The Balaban J connectivity index is 1.24. The number of nitrogens with one attached hydrogen (secondary N) is 1. The molecule has 6 heteroatoms. The van der Waals surface area contributed by atoms with Crippen LogP contribution in [-0.2, 0) is 20.9 Å². The third kappa shape index (κ3) is 4.69. The highest BCUT2D eigenvalue weighted by molar-refractivity contribution is 6.05. The summed E-state index contributed by atoms with van der Waals surface area (Å²) in [6.07, 6.45) is 5.92. The second kappa shape index (κ2) is 9.08. The Morgan fingerprint density at radius 3 is 2.34 bits per heavy atom. The molecule has 3 amide bonds. The number of carbonyl (C=O) groups is 3. The third-order valence-electron chi connectivity index (χ3n) is 6.61. The minimum atomic E-state index is -0.135. The van der Waals surface area contributed by atoms with Crippen LogP contribution in [0.2, 0.25) is 0 Å². The lowest BCUT2D eigenvalue weighted by Gasteiger charge is -2.33. The van der Waals surface area contributed by atoms with Gasteiger partial charge in [-0.15, -0.1) is 0 Å². The second-order valence-corrected chi connectivity index (χ2v) is 8.70. The largest absolute Gasteiger partial charge is 0.352 e. The van der Waals surface area contributed by atoms with Gasteiger partial charge in [-0.05, 0) is 37.8 Å². The molecule has 2 heterocycles. The fourth-order valence-corrected chi connectivity index (χ4v) is 5.12. The summed E-state index contributed by atoms with van der Waals surface area (Å²) < 4.78 is 0. The maximum Gasteiger partial charge on any atom is 0.233 e. The van der Waals surface area contributed by atoms with Gasteiger partial charge in [-0.25, -0.2) is 0 Å². The highest BCUT2D eigenvalue weighted by Gasteiger charge is 2.47. The lowest BCUT2D eigenvalue weighted by Crippen LogP contribution is -2.48. The number of hydrogen-bond acceptors (Lipinski definition) is 4. The number of carbonyl (C=O) groups excluding carboxylic acids is 3. The van der Waals surface area contributed by atoms with E-state index in [9.17, 15) is 14.4 Å². The quantitative estimate of drug-likeness (QED) is 0.748. The molecule has 1 aliphatic carbocycles. The van der Waals surface area contributed by atoms with Gasteiger partial charge in [0.15, 0.2) is 0 Å². The van der Waals surface area contributed by atoms with E-state index in [1.54, 1.807) is 0 Å². The number of piperidine rings is 1. The van der Waals surface area contributed by atoms with Crippen molar-refractivity contribution >= 4 is 17.7 Å². The first-order chi connectivity index (χ1) is 14.1. The Kier molecular flexibility index (Phi) is 6.28. The molecule has 4 rings (SSSR count). The summed E-state index contributed by atoms with van der Waals surface area (Å²) in [4.78, 5) is 41.3. The number of likely N-dealkylation sites (tertiary alicyclic amines) is 2. The summed E-state index contributed by atoms with van der Waals surface area (Å²) in [5, 5.41) is 3.12. The zero-order valence-electron chi connectivity index (χ0n) is 17.0. The number of rotatable bonds is 6.